The van der Waals surface area contributed by atoms with Crippen LogP contribution >= 0.6 is 0 Å². The second-order valence-electron chi connectivity index (χ2n) is 6.77. The van der Waals surface area contributed by atoms with Crippen molar-refractivity contribution in [3.8, 4) is 11.5 Å². The third-order valence-corrected chi connectivity index (χ3v) is 4.84. The Morgan fingerprint density at radius 3 is 2.79 bits per heavy atom. The molecule has 146 valence electrons. The number of aryl methyl sites for hydroxylation is 1. The molecule has 1 amide bonds. The van der Waals surface area contributed by atoms with E-state index in [9.17, 15) is 9.59 Å². The predicted octanol–water partition coefficient (Wildman–Crippen LogP) is 2.08. The van der Waals surface area contributed by atoms with Crippen molar-refractivity contribution in [1.82, 2.24) is 14.9 Å². The van der Waals surface area contributed by atoms with Gasteiger partial charge in [-0.1, -0.05) is 6.07 Å². The van der Waals surface area contributed by atoms with Gasteiger partial charge in [0.25, 0.3) is 5.91 Å². The monoisotopic (exact) mass is 383 g/mol. The van der Waals surface area contributed by atoms with Crippen LogP contribution in [0.25, 0.3) is 0 Å². The zero-order valence-corrected chi connectivity index (χ0v) is 15.6. The Morgan fingerprint density at radius 2 is 2.00 bits per heavy atom. The molecular formula is C20H21N3O5. The number of nitrogens with zero attached hydrogens (tertiary/aromatic N) is 3. The predicted molar refractivity (Wildman–Crippen MR) is 98.2 cm³/mol. The standard InChI is InChI=1S/C20H21N3O5/c1-13-10-22-15(11-21-13)20(25)28-12-19(24)23-6-2-3-16(23)14-4-5-17-18(9-14)27-8-7-26-17/h4-5,9-11,16H,2-3,6-8,12H2,1H3/t16-/m1/s1. The lowest BCUT2D eigenvalue weighted by Crippen LogP contribution is -2.34. The largest absolute Gasteiger partial charge is 0.486 e. The van der Waals surface area contributed by atoms with Crippen molar-refractivity contribution in [2.75, 3.05) is 26.4 Å². The summed E-state index contributed by atoms with van der Waals surface area (Å²) in [6.07, 6.45) is 4.57. The third kappa shape index (κ3) is 3.76. The Balaban J connectivity index is 1.41. The molecule has 3 heterocycles. The first-order valence-corrected chi connectivity index (χ1v) is 9.26. The number of esters is 1. The van der Waals surface area contributed by atoms with E-state index in [1.54, 1.807) is 11.8 Å². The van der Waals surface area contributed by atoms with Crippen molar-refractivity contribution in [2.45, 2.75) is 25.8 Å². The van der Waals surface area contributed by atoms with Gasteiger partial charge in [-0.15, -0.1) is 0 Å². The van der Waals surface area contributed by atoms with Gasteiger partial charge in [-0.2, -0.15) is 0 Å². The van der Waals surface area contributed by atoms with Crippen molar-refractivity contribution >= 4 is 11.9 Å². The van der Waals surface area contributed by atoms with Gasteiger partial charge in [0.1, 0.15) is 13.2 Å². The van der Waals surface area contributed by atoms with E-state index in [0.29, 0.717) is 31.2 Å². The number of hydrogen-bond acceptors (Lipinski definition) is 7. The number of fused-ring (bicyclic) bond motifs is 1. The maximum Gasteiger partial charge on any atom is 0.359 e. The maximum atomic E-state index is 12.7. The number of rotatable bonds is 4. The van der Waals surface area contributed by atoms with Crippen LogP contribution in [0.15, 0.2) is 30.6 Å². The number of hydrogen-bond donors (Lipinski definition) is 0. The molecule has 1 fully saturated rings. The Hall–Kier alpha value is -3.16. The average molecular weight is 383 g/mol. The fourth-order valence-electron chi connectivity index (χ4n) is 3.46. The molecule has 4 rings (SSSR count). The first kappa shape index (κ1) is 18.2. The first-order chi connectivity index (χ1) is 13.6. The number of carbonyl (C=O) groups excluding carboxylic acids is 2. The highest BCUT2D eigenvalue weighted by Gasteiger charge is 2.31. The molecule has 0 bridgehead atoms. The summed E-state index contributed by atoms with van der Waals surface area (Å²) < 4.78 is 16.3. The minimum atomic E-state index is -0.657. The number of carbonyl (C=O) groups is 2. The van der Waals surface area contributed by atoms with Crippen LogP contribution in [0, 0.1) is 6.92 Å². The molecule has 0 N–H and O–H groups in total. The van der Waals surface area contributed by atoms with Gasteiger partial charge in [-0.25, -0.2) is 9.78 Å². The Bertz CT molecular complexity index is 884. The molecule has 1 aromatic heterocycles. The number of aromatic nitrogens is 2. The zero-order chi connectivity index (χ0) is 19.5. The van der Waals surface area contributed by atoms with E-state index in [2.05, 4.69) is 9.97 Å². The topological polar surface area (TPSA) is 90.9 Å². The molecule has 8 heteroatoms. The molecular weight excluding hydrogens is 362 g/mol. The lowest BCUT2D eigenvalue weighted by Gasteiger charge is -2.26. The van der Waals surface area contributed by atoms with Gasteiger partial charge in [0, 0.05) is 12.7 Å². The minimum absolute atomic E-state index is 0.0683. The van der Waals surface area contributed by atoms with Crippen molar-refractivity contribution < 1.29 is 23.8 Å². The van der Waals surface area contributed by atoms with E-state index in [-0.39, 0.29) is 24.2 Å². The van der Waals surface area contributed by atoms with Crippen molar-refractivity contribution in [2.24, 2.45) is 0 Å². The minimum Gasteiger partial charge on any atom is -0.486 e. The zero-order valence-electron chi connectivity index (χ0n) is 15.6. The van der Waals surface area contributed by atoms with Crippen LogP contribution in [0.4, 0.5) is 0 Å². The Labute approximate surface area is 162 Å². The number of amides is 1. The first-order valence-electron chi connectivity index (χ1n) is 9.26. The van der Waals surface area contributed by atoms with Crippen LogP contribution in [-0.4, -0.2) is 53.1 Å². The van der Waals surface area contributed by atoms with E-state index in [1.165, 1.54) is 12.4 Å². The summed E-state index contributed by atoms with van der Waals surface area (Å²) >= 11 is 0. The van der Waals surface area contributed by atoms with E-state index < -0.39 is 5.97 Å². The summed E-state index contributed by atoms with van der Waals surface area (Å²) in [7, 11) is 0. The lowest BCUT2D eigenvalue weighted by atomic mass is 10.0. The quantitative estimate of drug-likeness (QED) is 0.747. The van der Waals surface area contributed by atoms with Gasteiger partial charge in [0.2, 0.25) is 0 Å². The smallest absolute Gasteiger partial charge is 0.359 e. The summed E-state index contributed by atoms with van der Waals surface area (Å²) in [6, 6.07) is 5.69. The van der Waals surface area contributed by atoms with Gasteiger partial charge in [0.15, 0.2) is 23.8 Å². The molecule has 0 saturated carbocycles. The SMILES string of the molecule is Cc1cnc(C(=O)OCC(=O)N2CCC[C@@H]2c2ccc3c(c2)OCCO3)cn1. The van der Waals surface area contributed by atoms with Crippen molar-refractivity contribution in [3.05, 3.63) is 47.5 Å². The summed E-state index contributed by atoms with van der Waals surface area (Å²) in [5.41, 5.74) is 1.78. The molecule has 2 aliphatic heterocycles. The molecule has 1 atom stereocenters. The van der Waals surface area contributed by atoms with Crippen LogP contribution in [-0.2, 0) is 9.53 Å². The average Bonchev–Trinajstić information content (AvgIpc) is 3.22. The molecule has 0 unspecified atom stereocenters. The van der Waals surface area contributed by atoms with Gasteiger partial charge in [-0.05, 0) is 37.5 Å². The molecule has 0 radical (unpaired) electrons. The van der Waals surface area contributed by atoms with E-state index in [0.717, 1.165) is 24.2 Å². The molecule has 0 aliphatic carbocycles. The second-order valence-corrected chi connectivity index (χ2v) is 6.77. The van der Waals surface area contributed by atoms with Crippen molar-refractivity contribution in [3.63, 3.8) is 0 Å². The molecule has 1 saturated heterocycles. The number of benzene rings is 1. The summed E-state index contributed by atoms with van der Waals surface area (Å²) in [6.45, 7) is 3.13. The van der Waals surface area contributed by atoms with Crippen LogP contribution in [0.3, 0.4) is 0 Å². The molecule has 28 heavy (non-hydrogen) atoms. The molecule has 2 aromatic rings. The second kappa shape index (κ2) is 7.84. The van der Waals surface area contributed by atoms with Gasteiger partial charge in [-0.3, -0.25) is 9.78 Å². The highest BCUT2D eigenvalue weighted by atomic mass is 16.6. The summed E-state index contributed by atoms with van der Waals surface area (Å²) in [5.74, 6) is 0.535. The lowest BCUT2D eigenvalue weighted by molar-refractivity contribution is -0.135. The van der Waals surface area contributed by atoms with Gasteiger partial charge in [0.05, 0.1) is 17.9 Å². The van der Waals surface area contributed by atoms with Gasteiger partial charge >= 0.3 is 5.97 Å². The van der Waals surface area contributed by atoms with E-state index >= 15 is 0 Å². The summed E-state index contributed by atoms with van der Waals surface area (Å²) in [4.78, 5) is 34.5. The van der Waals surface area contributed by atoms with Gasteiger partial charge < -0.3 is 19.1 Å². The van der Waals surface area contributed by atoms with Crippen LogP contribution in [0.2, 0.25) is 0 Å². The van der Waals surface area contributed by atoms with E-state index in [4.69, 9.17) is 14.2 Å². The van der Waals surface area contributed by atoms with Crippen LogP contribution in [0.1, 0.15) is 40.6 Å². The molecule has 0 spiro atoms. The van der Waals surface area contributed by atoms with Crippen LogP contribution < -0.4 is 9.47 Å². The fraction of sp³-hybridized carbons (Fsp3) is 0.400. The molecule has 1 aromatic carbocycles. The molecule has 2 aliphatic rings. The highest BCUT2D eigenvalue weighted by Crippen LogP contribution is 2.38. The Morgan fingerprint density at radius 1 is 1.18 bits per heavy atom. The fourth-order valence-corrected chi connectivity index (χ4v) is 3.46. The maximum absolute atomic E-state index is 12.7. The highest BCUT2D eigenvalue weighted by molar-refractivity contribution is 5.89. The molecule has 8 nitrogen and oxygen atoms in total. The number of ether oxygens (including phenoxy) is 3. The van der Waals surface area contributed by atoms with E-state index in [1.807, 2.05) is 18.2 Å². The van der Waals surface area contributed by atoms with Crippen LogP contribution in [0.5, 0.6) is 11.5 Å². The Kier molecular flexibility index (Phi) is 5.10. The summed E-state index contributed by atoms with van der Waals surface area (Å²) in [5, 5.41) is 0. The third-order valence-electron chi connectivity index (χ3n) is 4.84. The van der Waals surface area contributed by atoms with Crippen molar-refractivity contribution in [1.29, 1.82) is 0 Å². The normalized spacial score (nSPS) is 18.0. The number of likely N-dealkylation sites (tertiary alicyclic amines) is 1.